The Balaban J connectivity index is 1.59. The van der Waals surface area contributed by atoms with Gasteiger partial charge in [0, 0.05) is 0 Å². The predicted octanol–water partition coefficient (Wildman–Crippen LogP) is -0.468. The summed E-state index contributed by atoms with van der Waals surface area (Å²) in [6.07, 6.45) is 0. The second-order valence-corrected chi connectivity index (χ2v) is 5.03. The van der Waals surface area contributed by atoms with Gasteiger partial charge in [0.25, 0.3) is 0 Å². The Morgan fingerprint density at radius 3 is 2.65 bits per heavy atom. The van der Waals surface area contributed by atoms with E-state index in [4.69, 9.17) is 17.0 Å². The molecule has 1 heterocycles. The highest BCUT2D eigenvalue weighted by Gasteiger charge is 2.12. The van der Waals surface area contributed by atoms with E-state index in [1.54, 1.807) is 12.1 Å². The van der Waals surface area contributed by atoms with Crippen LogP contribution < -0.4 is 21.1 Å². The maximum atomic E-state index is 12.7. The van der Waals surface area contributed by atoms with Crippen LogP contribution in [0.5, 0.6) is 0 Å². The van der Waals surface area contributed by atoms with Crippen molar-refractivity contribution in [2.45, 2.75) is 0 Å². The van der Waals surface area contributed by atoms with E-state index in [1.165, 1.54) is 17.0 Å². The number of hydrogen-bond donors (Lipinski definition) is 4. The Kier molecular flexibility index (Phi) is 5.97. The Bertz CT molecular complexity index is 423. The zero-order valence-electron chi connectivity index (χ0n) is 11.2. The molecule has 0 unspecified atom stereocenters. The lowest BCUT2D eigenvalue weighted by atomic mass is 10.3. The van der Waals surface area contributed by atoms with Crippen molar-refractivity contribution in [3.8, 4) is 0 Å². The normalized spacial score (nSPS) is 15.7. The topological polar surface area (TPSA) is 49.8 Å². The van der Waals surface area contributed by atoms with E-state index in [0.29, 0.717) is 5.11 Å². The molecular weight excluding hydrogens is 279 g/mol. The first-order valence-corrected chi connectivity index (χ1v) is 7.11. The van der Waals surface area contributed by atoms with Gasteiger partial charge in [-0.15, -0.1) is 0 Å². The number of benzene rings is 1. The number of ether oxygens (including phenoxy) is 1. The van der Waals surface area contributed by atoms with Crippen LogP contribution in [0.4, 0.5) is 10.1 Å². The van der Waals surface area contributed by atoms with Crippen LogP contribution >= 0.6 is 12.2 Å². The number of hydrogen-bond acceptors (Lipinski definition) is 3. The summed E-state index contributed by atoms with van der Waals surface area (Å²) >= 11 is 5.15. The molecule has 0 aliphatic carbocycles. The van der Waals surface area contributed by atoms with Gasteiger partial charge in [-0.2, -0.15) is 0 Å². The number of rotatable bonds is 5. The summed E-state index contributed by atoms with van der Waals surface area (Å²) in [5, 5.41) is 3.66. The van der Waals surface area contributed by atoms with E-state index < -0.39 is 0 Å². The fourth-order valence-electron chi connectivity index (χ4n) is 1.97. The Hall–Kier alpha value is -1.44. The van der Waals surface area contributed by atoms with E-state index in [-0.39, 0.29) is 5.82 Å². The fraction of sp³-hybridized carbons (Fsp3) is 0.462. The highest BCUT2D eigenvalue weighted by molar-refractivity contribution is 7.80. The molecule has 0 saturated carbocycles. The Labute approximate surface area is 123 Å². The molecule has 0 radical (unpaired) electrons. The van der Waals surface area contributed by atoms with Gasteiger partial charge >= 0.3 is 0 Å². The molecule has 110 valence electrons. The molecule has 1 fully saturated rings. The first kappa shape index (κ1) is 15.0. The summed E-state index contributed by atoms with van der Waals surface area (Å²) in [7, 11) is 0. The minimum absolute atomic E-state index is 0.260. The zero-order valence-corrected chi connectivity index (χ0v) is 12.1. The molecule has 1 aliphatic heterocycles. The molecule has 4 N–H and O–H groups in total. The summed E-state index contributed by atoms with van der Waals surface area (Å²) in [4.78, 5) is 1.53. The number of anilines is 1. The molecule has 0 bridgehead atoms. The molecule has 2 rings (SSSR count). The highest BCUT2D eigenvalue weighted by atomic mass is 32.1. The highest BCUT2D eigenvalue weighted by Crippen LogP contribution is 2.06. The second-order valence-electron chi connectivity index (χ2n) is 4.63. The summed E-state index contributed by atoms with van der Waals surface area (Å²) in [6.45, 7) is 5.60. The third-order valence-corrected chi connectivity index (χ3v) is 3.38. The molecule has 1 aromatic carbocycles. The number of thiocarbonyl (C=S) groups is 1. The summed E-state index contributed by atoms with van der Waals surface area (Å²) < 4.78 is 18.0. The van der Waals surface area contributed by atoms with Gasteiger partial charge in [0.15, 0.2) is 5.11 Å². The lowest BCUT2D eigenvalue weighted by Crippen LogP contribution is -3.14. The summed E-state index contributed by atoms with van der Waals surface area (Å²) in [6, 6.07) is 6.07. The molecule has 1 aliphatic rings. The third kappa shape index (κ3) is 5.28. The summed E-state index contributed by atoms with van der Waals surface area (Å²) in [5.74, 6) is -0.260. The van der Waals surface area contributed by atoms with Crippen molar-refractivity contribution in [2.24, 2.45) is 0 Å². The third-order valence-electron chi connectivity index (χ3n) is 3.13. The maximum Gasteiger partial charge on any atom is 0.185 e. The molecule has 0 spiro atoms. The molecule has 1 saturated heterocycles. The van der Waals surface area contributed by atoms with E-state index in [9.17, 15) is 4.39 Å². The van der Waals surface area contributed by atoms with Crippen LogP contribution in [0.15, 0.2) is 24.3 Å². The van der Waals surface area contributed by atoms with Crippen molar-refractivity contribution in [3.63, 3.8) is 0 Å². The predicted molar refractivity (Wildman–Crippen MR) is 80.1 cm³/mol. The molecule has 7 heteroatoms. The van der Waals surface area contributed by atoms with Gasteiger partial charge in [0.2, 0.25) is 0 Å². The maximum absolute atomic E-state index is 12.7. The largest absolute Gasteiger partial charge is 0.370 e. The molecule has 0 atom stereocenters. The van der Waals surface area contributed by atoms with Crippen LogP contribution in [0.1, 0.15) is 0 Å². The van der Waals surface area contributed by atoms with Crippen molar-refractivity contribution in [1.82, 2.24) is 10.7 Å². The van der Waals surface area contributed by atoms with Crippen molar-refractivity contribution in [2.75, 3.05) is 44.8 Å². The van der Waals surface area contributed by atoms with Crippen LogP contribution in [0.3, 0.4) is 0 Å². The van der Waals surface area contributed by atoms with E-state index in [1.807, 2.05) is 0 Å². The molecule has 1 aromatic rings. The Morgan fingerprint density at radius 1 is 1.25 bits per heavy atom. The minimum Gasteiger partial charge on any atom is -0.370 e. The lowest BCUT2D eigenvalue weighted by Gasteiger charge is -2.24. The van der Waals surface area contributed by atoms with Gasteiger partial charge in [-0.3, -0.25) is 10.9 Å². The molecule has 5 nitrogen and oxygen atoms in total. The van der Waals surface area contributed by atoms with Gasteiger partial charge in [0.1, 0.15) is 18.9 Å². The molecule has 0 aromatic heterocycles. The zero-order chi connectivity index (χ0) is 14.2. The first-order valence-electron chi connectivity index (χ1n) is 6.71. The second kappa shape index (κ2) is 7.98. The van der Waals surface area contributed by atoms with Crippen LogP contribution in [0.2, 0.25) is 0 Å². The average Bonchev–Trinajstić information content (AvgIpc) is 2.48. The van der Waals surface area contributed by atoms with Crippen molar-refractivity contribution >= 4 is 23.0 Å². The smallest absolute Gasteiger partial charge is 0.185 e. The molecular formula is C13H20FN4OS+. The minimum atomic E-state index is -0.260. The van der Waals surface area contributed by atoms with Crippen LogP contribution in [0, 0.1) is 5.82 Å². The van der Waals surface area contributed by atoms with E-state index in [2.05, 4.69) is 16.2 Å². The van der Waals surface area contributed by atoms with Crippen LogP contribution in [-0.4, -0.2) is 44.5 Å². The van der Waals surface area contributed by atoms with Gasteiger partial charge in [0.05, 0.1) is 32.0 Å². The summed E-state index contributed by atoms with van der Waals surface area (Å²) in [5.41, 5.74) is 6.54. The number of quaternary nitrogens is 1. The van der Waals surface area contributed by atoms with Crippen LogP contribution in [0.25, 0.3) is 0 Å². The van der Waals surface area contributed by atoms with Gasteiger partial charge in [-0.05, 0) is 36.5 Å². The monoisotopic (exact) mass is 299 g/mol. The standard InChI is InChI=1S/C13H19FN4OS/c14-11-1-3-12(4-2-11)16-17-13(20)15-5-6-18-7-9-19-10-8-18/h1-4,16H,5-10H2,(H2,15,17,20)/p+1. The average molecular weight is 299 g/mol. The first-order chi connectivity index (χ1) is 9.74. The number of halogens is 1. The van der Waals surface area contributed by atoms with Gasteiger partial charge in [-0.25, -0.2) is 4.39 Å². The van der Waals surface area contributed by atoms with E-state index in [0.717, 1.165) is 45.1 Å². The number of morpholine rings is 1. The fourth-order valence-corrected chi connectivity index (χ4v) is 2.12. The molecule has 0 amide bonds. The van der Waals surface area contributed by atoms with Crippen molar-refractivity contribution in [3.05, 3.63) is 30.1 Å². The lowest BCUT2D eigenvalue weighted by molar-refractivity contribution is -0.906. The van der Waals surface area contributed by atoms with Crippen LogP contribution in [-0.2, 0) is 4.74 Å². The SMILES string of the molecule is Fc1ccc(NNC(=S)NCC[NH+]2CCOCC2)cc1. The van der Waals surface area contributed by atoms with E-state index >= 15 is 0 Å². The van der Waals surface area contributed by atoms with Crippen molar-refractivity contribution < 1.29 is 14.0 Å². The number of nitrogens with one attached hydrogen (secondary N) is 4. The van der Waals surface area contributed by atoms with Crippen molar-refractivity contribution in [1.29, 1.82) is 0 Å². The quantitative estimate of drug-likeness (QED) is 0.438. The van der Waals surface area contributed by atoms with Gasteiger partial charge < -0.3 is 15.0 Å². The van der Waals surface area contributed by atoms with Gasteiger partial charge in [-0.1, -0.05) is 0 Å². The number of hydrazine groups is 1. The Morgan fingerprint density at radius 2 is 1.95 bits per heavy atom. The molecule has 20 heavy (non-hydrogen) atoms.